The molecule has 1 aromatic rings. The predicted molar refractivity (Wildman–Crippen MR) is 39.3 cm³/mol. The maximum Gasteiger partial charge on any atom is 0.126 e. The normalized spacial score (nSPS) is 8.36. The fourth-order valence-corrected chi connectivity index (χ4v) is 0.460. The molecule has 0 saturated carbocycles. The third-order valence-electron chi connectivity index (χ3n) is 0.787. The van der Waals surface area contributed by atoms with Crippen LogP contribution >= 0.6 is 0 Å². The van der Waals surface area contributed by atoms with Gasteiger partial charge in [-0.15, -0.1) is 0 Å². The predicted octanol–water partition coefficient (Wildman–Crippen LogP) is 2.23. The van der Waals surface area contributed by atoms with Gasteiger partial charge < -0.3 is 4.74 Å². The van der Waals surface area contributed by atoms with Crippen LogP contribution in [0.5, 0.6) is 0 Å². The highest BCUT2D eigenvalue weighted by Crippen LogP contribution is 1.99. The molecule has 0 saturated heterocycles. The van der Waals surface area contributed by atoms with Crippen LogP contribution in [0, 0.1) is 11.6 Å². The Morgan fingerprint density at radius 1 is 1.09 bits per heavy atom. The summed E-state index contributed by atoms with van der Waals surface area (Å²) in [7, 11) is 3.25. The maximum atomic E-state index is 11.9. The van der Waals surface area contributed by atoms with Crippen molar-refractivity contribution in [3.63, 3.8) is 0 Å². The molecular formula is C8H10F2O. The van der Waals surface area contributed by atoms with Crippen molar-refractivity contribution < 1.29 is 13.5 Å². The standard InChI is InChI=1S/C6H4F2.C2H6O/c7-5-2-1-3-6(8)4-5;1-3-2/h1-4H;1-2H3. The van der Waals surface area contributed by atoms with Crippen molar-refractivity contribution in [2.45, 2.75) is 0 Å². The minimum absolute atomic E-state index is 0.537. The number of halogens is 2. The molecule has 0 bridgehead atoms. The molecule has 3 heteroatoms. The zero-order valence-corrected chi connectivity index (χ0v) is 6.47. The summed E-state index contributed by atoms with van der Waals surface area (Å²) < 4.78 is 28.1. The van der Waals surface area contributed by atoms with Crippen LogP contribution in [-0.4, -0.2) is 14.2 Å². The quantitative estimate of drug-likeness (QED) is 0.565. The van der Waals surface area contributed by atoms with Crippen molar-refractivity contribution in [2.24, 2.45) is 0 Å². The van der Waals surface area contributed by atoms with Gasteiger partial charge in [0.2, 0.25) is 0 Å². The molecule has 62 valence electrons. The first kappa shape index (κ1) is 10.0. The summed E-state index contributed by atoms with van der Waals surface area (Å²) in [6.45, 7) is 0. The Morgan fingerprint density at radius 2 is 1.45 bits per heavy atom. The Morgan fingerprint density at radius 3 is 1.64 bits per heavy atom. The van der Waals surface area contributed by atoms with Gasteiger partial charge in [-0.25, -0.2) is 8.78 Å². The lowest BCUT2D eigenvalue weighted by atomic mass is 10.3. The number of ether oxygens (including phenoxy) is 1. The molecule has 0 amide bonds. The first-order valence-electron chi connectivity index (χ1n) is 3.02. The van der Waals surface area contributed by atoms with Crippen molar-refractivity contribution in [3.05, 3.63) is 35.9 Å². The monoisotopic (exact) mass is 160 g/mol. The lowest BCUT2D eigenvalue weighted by molar-refractivity contribution is 0.277. The molecule has 0 aliphatic heterocycles. The Hall–Kier alpha value is -0.960. The van der Waals surface area contributed by atoms with Gasteiger partial charge in [0.25, 0.3) is 0 Å². The molecular weight excluding hydrogens is 150 g/mol. The first-order valence-corrected chi connectivity index (χ1v) is 3.02. The fourth-order valence-electron chi connectivity index (χ4n) is 0.460. The molecule has 0 spiro atoms. The molecule has 0 heterocycles. The second-order valence-electron chi connectivity index (χ2n) is 1.85. The highest BCUT2D eigenvalue weighted by atomic mass is 19.1. The van der Waals surface area contributed by atoms with E-state index < -0.39 is 11.6 Å². The largest absolute Gasteiger partial charge is 0.388 e. The molecule has 0 N–H and O–H groups in total. The molecule has 0 aliphatic carbocycles. The van der Waals surface area contributed by atoms with Crippen LogP contribution in [0.1, 0.15) is 0 Å². The van der Waals surface area contributed by atoms with E-state index in [2.05, 4.69) is 4.74 Å². The molecule has 0 unspecified atom stereocenters. The topological polar surface area (TPSA) is 9.23 Å². The number of rotatable bonds is 0. The minimum atomic E-state index is -0.537. The van der Waals surface area contributed by atoms with Gasteiger partial charge >= 0.3 is 0 Å². The zero-order valence-electron chi connectivity index (χ0n) is 6.47. The van der Waals surface area contributed by atoms with Gasteiger partial charge in [0, 0.05) is 20.3 Å². The maximum absolute atomic E-state index is 11.9. The Bertz CT molecular complexity index is 184. The lowest BCUT2D eigenvalue weighted by Crippen LogP contribution is -1.73. The van der Waals surface area contributed by atoms with E-state index in [1.54, 1.807) is 14.2 Å². The van der Waals surface area contributed by atoms with Crippen molar-refractivity contribution in [1.29, 1.82) is 0 Å². The van der Waals surface area contributed by atoms with Gasteiger partial charge in [-0.2, -0.15) is 0 Å². The number of methoxy groups -OCH3 is 1. The number of hydrogen-bond acceptors (Lipinski definition) is 1. The molecule has 1 nitrogen and oxygen atoms in total. The van der Waals surface area contributed by atoms with Crippen molar-refractivity contribution in [2.75, 3.05) is 14.2 Å². The van der Waals surface area contributed by atoms with Crippen LogP contribution in [0.4, 0.5) is 8.78 Å². The summed E-state index contributed by atoms with van der Waals surface area (Å²) in [5, 5.41) is 0. The average Bonchev–Trinajstić information content (AvgIpc) is 1.88. The summed E-state index contributed by atoms with van der Waals surface area (Å²) in [6.07, 6.45) is 0. The van der Waals surface area contributed by atoms with Gasteiger partial charge in [-0.05, 0) is 12.1 Å². The van der Waals surface area contributed by atoms with E-state index in [4.69, 9.17) is 0 Å². The van der Waals surface area contributed by atoms with Crippen LogP contribution in [0.15, 0.2) is 24.3 Å². The molecule has 1 rings (SSSR count). The second-order valence-corrected chi connectivity index (χ2v) is 1.85. The Balaban J connectivity index is 0.000000292. The van der Waals surface area contributed by atoms with Crippen LogP contribution in [0.2, 0.25) is 0 Å². The summed E-state index contributed by atoms with van der Waals surface area (Å²) in [6, 6.07) is 4.55. The van der Waals surface area contributed by atoms with Crippen molar-refractivity contribution >= 4 is 0 Å². The average molecular weight is 160 g/mol. The van der Waals surface area contributed by atoms with E-state index in [1.807, 2.05) is 0 Å². The molecule has 1 aromatic carbocycles. The highest BCUT2D eigenvalue weighted by Gasteiger charge is 1.88. The van der Waals surface area contributed by atoms with E-state index >= 15 is 0 Å². The molecule has 0 aliphatic rings. The van der Waals surface area contributed by atoms with Crippen LogP contribution < -0.4 is 0 Å². The number of benzene rings is 1. The van der Waals surface area contributed by atoms with Gasteiger partial charge in [-0.1, -0.05) is 6.07 Å². The van der Waals surface area contributed by atoms with Crippen molar-refractivity contribution in [3.8, 4) is 0 Å². The molecule has 0 aromatic heterocycles. The third kappa shape index (κ3) is 5.48. The van der Waals surface area contributed by atoms with Crippen LogP contribution in [0.3, 0.4) is 0 Å². The first-order chi connectivity index (χ1) is 5.20. The molecule has 11 heavy (non-hydrogen) atoms. The number of hydrogen-bond donors (Lipinski definition) is 0. The molecule has 0 atom stereocenters. The minimum Gasteiger partial charge on any atom is -0.388 e. The van der Waals surface area contributed by atoms with Crippen LogP contribution in [-0.2, 0) is 4.74 Å². The van der Waals surface area contributed by atoms with Gasteiger partial charge in [0.05, 0.1) is 0 Å². The van der Waals surface area contributed by atoms with E-state index in [9.17, 15) is 8.78 Å². The van der Waals surface area contributed by atoms with Crippen molar-refractivity contribution in [1.82, 2.24) is 0 Å². The molecule has 0 radical (unpaired) electrons. The zero-order chi connectivity index (χ0) is 8.69. The van der Waals surface area contributed by atoms with Gasteiger partial charge in [-0.3, -0.25) is 0 Å². The Labute approximate surface area is 64.6 Å². The second kappa shape index (κ2) is 5.80. The van der Waals surface area contributed by atoms with E-state index in [1.165, 1.54) is 18.2 Å². The smallest absolute Gasteiger partial charge is 0.126 e. The van der Waals surface area contributed by atoms with Gasteiger partial charge in [0.15, 0.2) is 0 Å². The van der Waals surface area contributed by atoms with Crippen LogP contribution in [0.25, 0.3) is 0 Å². The highest BCUT2D eigenvalue weighted by molar-refractivity contribution is 5.04. The third-order valence-corrected chi connectivity index (χ3v) is 0.787. The Kier molecular flexibility index (Phi) is 5.29. The molecule has 0 fully saturated rings. The summed E-state index contributed by atoms with van der Waals surface area (Å²) >= 11 is 0. The van der Waals surface area contributed by atoms with E-state index in [0.29, 0.717) is 0 Å². The summed E-state index contributed by atoms with van der Waals surface area (Å²) in [4.78, 5) is 0. The summed E-state index contributed by atoms with van der Waals surface area (Å²) in [5.41, 5.74) is 0. The van der Waals surface area contributed by atoms with E-state index in [-0.39, 0.29) is 0 Å². The van der Waals surface area contributed by atoms with E-state index in [0.717, 1.165) is 6.07 Å². The van der Waals surface area contributed by atoms with Gasteiger partial charge in [0.1, 0.15) is 11.6 Å². The fraction of sp³-hybridized carbons (Fsp3) is 0.250. The SMILES string of the molecule is COC.Fc1cccc(F)c1. The summed E-state index contributed by atoms with van der Waals surface area (Å²) in [5.74, 6) is -1.07. The lowest BCUT2D eigenvalue weighted by Gasteiger charge is -1.84.